The van der Waals surface area contributed by atoms with Crippen molar-refractivity contribution < 1.29 is 24.2 Å². The Bertz CT molecular complexity index is 792. The maximum atomic E-state index is 12.0. The molecule has 27 heavy (non-hydrogen) atoms. The molecule has 8 nitrogen and oxygen atoms in total. The molecule has 0 aliphatic heterocycles. The molecular formula is C19H23N3O5. The maximum Gasteiger partial charge on any atom is 0.319 e. The molecule has 0 bridgehead atoms. The van der Waals surface area contributed by atoms with Crippen molar-refractivity contribution in [2.75, 3.05) is 31.4 Å². The molecule has 0 saturated carbocycles. The molecule has 2 aromatic rings. The summed E-state index contributed by atoms with van der Waals surface area (Å²) < 4.78 is 10.4. The lowest BCUT2D eigenvalue weighted by atomic mass is 10.1. The molecule has 0 spiro atoms. The van der Waals surface area contributed by atoms with Crippen LogP contribution in [0, 0.1) is 0 Å². The number of benzene rings is 2. The molecule has 0 radical (unpaired) electrons. The fraction of sp³-hybridized carbons (Fsp3) is 0.263. The van der Waals surface area contributed by atoms with E-state index in [1.165, 1.54) is 21.1 Å². The van der Waals surface area contributed by atoms with Crippen LogP contribution < -0.4 is 25.4 Å². The molecule has 0 fully saturated rings. The van der Waals surface area contributed by atoms with Crippen LogP contribution in [0.15, 0.2) is 42.5 Å². The number of aliphatic hydroxyl groups is 1. The van der Waals surface area contributed by atoms with Gasteiger partial charge in [-0.1, -0.05) is 6.07 Å². The summed E-state index contributed by atoms with van der Waals surface area (Å²) in [5.41, 5.74) is 1.78. The zero-order valence-electron chi connectivity index (χ0n) is 15.4. The van der Waals surface area contributed by atoms with Crippen LogP contribution in [0.1, 0.15) is 18.6 Å². The van der Waals surface area contributed by atoms with Crippen LogP contribution in [-0.4, -0.2) is 37.8 Å². The number of carbonyl (C=O) groups excluding carboxylic acids is 2. The Hall–Kier alpha value is -3.26. The van der Waals surface area contributed by atoms with E-state index in [2.05, 4.69) is 16.0 Å². The molecule has 4 N–H and O–H groups in total. The number of hydrogen-bond acceptors (Lipinski definition) is 5. The van der Waals surface area contributed by atoms with Crippen molar-refractivity contribution in [3.8, 4) is 11.5 Å². The van der Waals surface area contributed by atoms with Crippen LogP contribution in [0.4, 0.5) is 16.2 Å². The molecule has 144 valence electrons. The zero-order valence-corrected chi connectivity index (χ0v) is 15.4. The molecule has 8 heteroatoms. The highest BCUT2D eigenvalue weighted by Crippen LogP contribution is 2.29. The molecule has 2 aromatic carbocycles. The van der Waals surface area contributed by atoms with Crippen LogP contribution >= 0.6 is 0 Å². The summed E-state index contributed by atoms with van der Waals surface area (Å²) in [5.74, 6) is 0.886. The number of aliphatic hydroxyl groups excluding tert-OH is 1. The van der Waals surface area contributed by atoms with Gasteiger partial charge >= 0.3 is 6.03 Å². The normalized spacial score (nSPS) is 11.3. The van der Waals surface area contributed by atoms with Crippen molar-refractivity contribution in [2.24, 2.45) is 0 Å². The van der Waals surface area contributed by atoms with Gasteiger partial charge in [0.05, 0.1) is 20.3 Å². The summed E-state index contributed by atoms with van der Waals surface area (Å²) in [6.45, 7) is 1.44. The van der Waals surface area contributed by atoms with Crippen molar-refractivity contribution in [2.45, 2.75) is 13.0 Å². The topological polar surface area (TPSA) is 109 Å². The Balaban J connectivity index is 1.88. The third-order valence-corrected chi connectivity index (χ3v) is 3.71. The Morgan fingerprint density at radius 3 is 2.11 bits per heavy atom. The molecule has 1 unspecified atom stereocenters. The monoisotopic (exact) mass is 373 g/mol. The van der Waals surface area contributed by atoms with Crippen LogP contribution in [0.5, 0.6) is 11.5 Å². The van der Waals surface area contributed by atoms with Crippen LogP contribution in [-0.2, 0) is 4.79 Å². The molecule has 0 aliphatic rings. The van der Waals surface area contributed by atoms with Gasteiger partial charge in [0.25, 0.3) is 0 Å². The number of hydrogen-bond donors (Lipinski definition) is 4. The summed E-state index contributed by atoms with van der Waals surface area (Å²) in [4.78, 5) is 23.0. The third-order valence-electron chi connectivity index (χ3n) is 3.71. The summed E-state index contributed by atoms with van der Waals surface area (Å²) in [6.07, 6.45) is -0.905. The van der Waals surface area contributed by atoms with Crippen LogP contribution in [0.25, 0.3) is 0 Å². The number of amides is 3. The van der Waals surface area contributed by atoms with Gasteiger partial charge in [0.2, 0.25) is 5.91 Å². The van der Waals surface area contributed by atoms with Gasteiger partial charge < -0.3 is 30.5 Å². The standard InChI is InChI=1S/C19H23N3O5/c1-12(23)21-14-5-7-15(8-6-14)22-19(25)20-11-16(24)13-4-9-17(26-2)18(10-13)27-3/h4-10,16,24H,11H2,1-3H3,(H,21,23)(H2,20,22,25). The predicted molar refractivity (Wildman–Crippen MR) is 102 cm³/mol. The second kappa shape index (κ2) is 9.44. The summed E-state index contributed by atoms with van der Waals surface area (Å²) >= 11 is 0. The zero-order chi connectivity index (χ0) is 19.8. The van der Waals surface area contributed by atoms with Gasteiger partial charge in [-0.25, -0.2) is 4.79 Å². The van der Waals surface area contributed by atoms with E-state index in [4.69, 9.17) is 9.47 Å². The van der Waals surface area contributed by atoms with Gasteiger partial charge in [-0.05, 0) is 42.0 Å². The highest BCUT2D eigenvalue weighted by Gasteiger charge is 2.13. The average Bonchev–Trinajstić information content (AvgIpc) is 2.66. The minimum Gasteiger partial charge on any atom is -0.493 e. The minimum absolute atomic E-state index is 0.0191. The largest absolute Gasteiger partial charge is 0.493 e. The number of ether oxygens (including phenoxy) is 2. The van der Waals surface area contributed by atoms with Crippen molar-refractivity contribution in [3.05, 3.63) is 48.0 Å². The van der Waals surface area contributed by atoms with Crippen LogP contribution in [0.2, 0.25) is 0 Å². The summed E-state index contributed by atoms with van der Waals surface area (Å²) in [5, 5.41) is 18.2. The number of nitrogens with one attached hydrogen (secondary N) is 3. The van der Waals surface area contributed by atoms with E-state index < -0.39 is 12.1 Å². The number of carbonyl (C=O) groups is 2. The predicted octanol–water partition coefficient (Wildman–Crippen LogP) is 2.52. The second-order valence-electron chi connectivity index (χ2n) is 5.72. The smallest absolute Gasteiger partial charge is 0.319 e. The lowest BCUT2D eigenvalue weighted by Crippen LogP contribution is -2.32. The number of urea groups is 1. The van der Waals surface area contributed by atoms with E-state index in [0.717, 1.165) is 0 Å². The first-order valence-electron chi connectivity index (χ1n) is 8.25. The number of rotatable bonds is 7. The molecule has 3 amide bonds. The van der Waals surface area contributed by atoms with Gasteiger partial charge in [0.15, 0.2) is 11.5 Å². The molecule has 1 atom stereocenters. The van der Waals surface area contributed by atoms with E-state index in [0.29, 0.717) is 28.4 Å². The van der Waals surface area contributed by atoms with Gasteiger partial charge in [-0.15, -0.1) is 0 Å². The maximum absolute atomic E-state index is 12.0. The van der Waals surface area contributed by atoms with E-state index in [1.54, 1.807) is 42.5 Å². The first-order chi connectivity index (χ1) is 12.9. The van der Waals surface area contributed by atoms with Gasteiger partial charge in [0, 0.05) is 24.8 Å². The number of anilines is 2. The summed E-state index contributed by atoms with van der Waals surface area (Å²) in [6, 6.07) is 11.3. The van der Waals surface area contributed by atoms with Gasteiger partial charge in [0.1, 0.15) is 0 Å². The highest BCUT2D eigenvalue weighted by molar-refractivity contribution is 5.91. The second-order valence-corrected chi connectivity index (χ2v) is 5.72. The fourth-order valence-electron chi connectivity index (χ4n) is 2.38. The van der Waals surface area contributed by atoms with Crippen molar-refractivity contribution in [1.29, 1.82) is 0 Å². The Morgan fingerprint density at radius 1 is 0.963 bits per heavy atom. The Labute approximate surface area is 157 Å². The summed E-state index contributed by atoms with van der Waals surface area (Å²) in [7, 11) is 3.04. The van der Waals surface area contributed by atoms with E-state index >= 15 is 0 Å². The van der Waals surface area contributed by atoms with Gasteiger partial charge in [-0.3, -0.25) is 4.79 Å². The van der Waals surface area contributed by atoms with E-state index in [-0.39, 0.29) is 12.5 Å². The Kier molecular flexibility index (Phi) is 7.01. The Morgan fingerprint density at radius 2 is 1.56 bits per heavy atom. The lowest BCUT2D eigenvalue weighted by molar-refractivity contribution is -0.114. The van der Waals surface area contributed by atoms with Crippen LogP contribution in [0.3, 0.4) is 0 Å². The fourth-order valence-corrected chi connectivity index (χ4v) is 2.38. The first-order valence-corrected chi connectivity index (χ1v) is 8.25. The minimum atomic E-state index is -0.905. The first kappa shape index (κ1) is 20.1. The molecule has 0 heterocycles. The van der Waals surface area contributed by atoms with Gasteiger partial charge in [-0.2, -0.15) is 0 Å². The highest BCUT2D eigenvalue weighted by atomic mass is 16.5. The van der Waals surface area contributed by atoms with Crippen molar-refractivity contribution >= 4 is 23.3 Å². The number of methoxy groups -OCH3 is 2. The van der Waals surface area contributed by atoms with E-state index in [9.17, 15) is 14.7 Å². The third kappa shape index (κ3) is 5.89. The molecular weight excluding hydrogens is 350 g/mol. The quantitative estimate of drug-likeness (QED) is 0.596. The molecule has 0 saturated heterocycles. The molecule has 2 rings (SSSR count). The molecule has 0 aliphatic carbocycles. The van der Waals surface area contributed by atoms with Crippen molar-refractivity contribution in [1.82, 2.24) is 5.32 Å². The molecule has 0 aromatic heterocycles. The SMILES string of the molecule is COc1ccc(C(O)CNC(=O)Nc2ccc(NC(C)=O)cc2)cc1OC. The van der Waals surface area contributed by atoms with Crippen molar-refractivity contribution in [3.63, 3.8) is 0 Å². The lowest BCUT2D eigenvalue weighted by Gasteiger charge is -2.15. The van der Waals surface area contributed by atoms with E-state index in [1.807, 2.05) is 0 Å². The average molecular weight is 373 g/mol.